The largest absolute Gasteiger partial charge is 0.487 e. The minimum absolute atomic E-state index is 0.0450. The standard InChI is InChI=1S/C16H15FO2/c1-11-6-7-15-12(8-11)9-13(19-15)10-18-16-5-3-2-4-14(16)17/h2-8,13H,9-10H2,1H3. The van der Waals surface area contributed by atoms with Crippen molar-refractivity contribution in [3.05, 3.63) is 59.4 Å². The Morgan fingerprint density at radius 1 is 1.26 bits per heavy atom. The van der Waals surface area contributed by atoms with Crippen LogP contribution in [0.2, 0.25) is 0 Å². The predicted octanol–water partition coefficient (Wildman–Crippen LogP) is 3.52. The van der Waals surface area contributed by atoms with Crippen molar-refractivity contribution in [1.29, 1.82) is 0 Å². The Balaban J connectivity index is 1.63. The minimum atomic E-state index is -0.339. The number of hydrogen-bond acceptors (Lipinski definition) is 2. The highest BCUT2D eigenvalue weighted by Crippen LogP contribution is 2.29. The Bertz CT molecular complexity index is 595. The van der Waals surface area contributed by atoms with Crippen LogP contribution in [-0.4, -0.2) is 12.7 Å². The molecule has 0 aliphatic carbocycles. The van der Waals surface area contributed by atoms with Gasteiger partial charge < -0.3 is 9.47 Å². The molecule has 1 unspecified atom stereocenters. The zero-order valence-corrected chi connectivity index (χ0v) is 10.7. The molecule has 1 aliphatic heterocycles. The molecule has 2 aromatic carbocycles. The zero-order valence-electron chi connectivity index (χ0n) is 10.7. The smallest absolute Gasteiger partial charge is 0.165 e. The first-order valence-electron chi connectivity index (χ1n) is 6.36. The van der Waals surface area contributed by atoms with Crippen molar-refractivity contribution in [3.8, 4) is 11.5 Å². The lowest BCUT2D eigenvalue weighted by Crippen LogP contribution is -2.22. The van der Waals surface area contributed by atoms with Gasteiger partial charge in [0.2, 0.25) is 0 Å². The Kier molecular flexibility index (Phi) is 3.11. The molecule has 1 heterocycles. The number of hydrogen-bond donors (Lipinski definition) is 0. The molecule has 0 radical (unpaired) electrons. The third-order valence-corrected chi connectivity index (χ3v) is 3.22. The van der Waals surface area contributed by atoms with E-state index in [0.29, 0.717) is 6.61 Å². The average Bonchev–Trinajstić information content (AvgIpc) is 2.79. The van der Waals surface area contributed by atoms with E-state index < -0.39 is 0 Å². The first-order valence-corrected chi connectivity index (χ1v) is 6.36. The number of rotatable bonds is 3. The Morgan fingerprint density at radius 2 is 2.11 bits per heavy atom. The molecule has 0 saturated heterocycles. The van der Waals surface area contributed by atoms with Gasteiger partial charge in [0.15, 0.2) is 11.6 Å². The van der Waals surface area contributed by atoms with E-state index in [1.165, 1.54) is 17.2 Å². The van der Waals surface area contributed by atoms with Gasteiger partial charge >= 0.3 is 0 Å². The van der Waals surface area contributed by atoms with Crippen molar-refractivity contribution in [2.24, 2.45) is 0 Å². The van der Waals surface area contributed by atoms with Gasteiger partial charge in [-0.3, -0.25) is 0 Å². The molecular formula is C16H15FO2. The molecular weight excluding hydrogens is 243 g/mol. The molecule has 0 fully saturated rings. The van der Waals surface area contributed by atoms with E-state index in [1.54, 1.807) is 18.2 Å². The molecule has 1 atom stereocenters. The number of fused-ring (bicyclic) bond motifs is 1. The molecule has 0 aromatic heterocycles. The van der Waals surface area contributed by atoms with Crippen LogP contribution in [0.4, 0.5) is 4.39 Å². The van der Waals surface area contributed by atoms with Crippen molar-refractivity contribution in [2.75, 3.05) is 6.61 Å². The Labute approximate surface area is 111 Å². The molecule has 2 aromatic rings. The van der Waals surface area contributed by atoms with Crippen LogP contribution in [-0.2, 0) is 6.42 Å². The van der Waals surface area contributed by atoms with Gasteiger partial charge in [0.25, 0.3) is 0 Å². The van der Waals surface area contributed by atoms with Crippen LogP contribution >= 0.6 is 0 Å². The number of para-hydroxylation sites is 1. The fourth-order valence-corrected chi connectivity index (χ4v) is 2.29. The topological polar surface area (TPSA) is 18.5 Å². The first kappa shape index (κ1) is 12.0. The van der Waals surface area contributed by atoms with Gasteiger partial charge in [-0.25, -0.2) is 4.39 Å². The lowest BCUT2D eigenvalue weighted by molar-refractivity contribution is 0.145. The van der Waals surface area contributed by atoms with Gasteiger partial charge in [-0.2, -0.15) is 0 Å². The molecule has 0 spiro atoms. The molecule has 0 bridgehead atoms. The normalized spacial score (nSPS) is 16.8. The van der Waals surface area contributed by atoms with Crippen LogP contribution < -0.4 is 9.47 Å². The van der Waals surface area contributed by atoms with Crippen LogP contribution in [0, 0.1) is 12.7 Å². The highest BCUT2D eigenvalue weighted by atomic mass is 19.1. The minimum Gasteiger partial charge on any atom is -0.487 e. The second-order valence-electron chi connectivity index (χ2n) is 4.80. The third-order valence-electron chi connectivity index (χ3n) is 3.22. The first-order chi connectivity index (χ1) is 9.22. The maximum Gasteiger partial charge on any atom is 0.165 e. The highest BCUT2D eigenvalue weighted by Gasteiger charge is 2.23. The van der Waals surface area contributed by atoms with Gasteiger partial charge in [-0.1, -0.05) is 29.8 Å². The summed E-state index contributed by atoms with van der Waals surface area (Å²) in [6.07, 6.45) is 0.766. The van der Waals surface area contributed by atoms with Gasteiger partial charge in [-0.05, 0) is 30.7 Å². The van der Waals surface area contributed by atoms with E-state index in [0.717, 1.165) is 12.2 Å². The van der Waals surface area contributed by atoms with Crippen LogP contribution in [0.5, 0.6) is 11.5 Å². The average molecular weight is 258 g/mol. The van der Waals surface area contributed by atoms with E-state index in [4.69, 9.17) is 9.47 Å². The Hall–Kier alpha value is -2.03. The lowest BCUT2D eigenvalue weighted by atomic mass is 10.1. The van der Waals surface area contributed by atoms with E-state index in [1.807, 2.05) is 12.1 Å². The second-order valence-corrected chi connectivity index (χ2v) is 4.80. The van der Waals surface area contributed by atoms with E-state index in [9.17, 15) is 4.39 Å². The third kappa shape index (κ3) is 2.55. The molecule has 3 rings (SSSR count). The summed E-state index contributed by atoms with van der Waals surface area (Å²) in [5, 5.41) is 0. The molecule has 19 heavy (non-hydrogen) atoms. The lowest BCUT2D eigenvalue weighted by Gasteiger charge is -2.12. The summed E-state index contributed by atoms with van der Waals surface area (Å²) < 4.78 is 24.7. The van der Waals surface area contributed by atoms with Crippen molar-refractivity contribution < 1.29 is 13.9 Å². The summed E-state index contributed by atoms with van der Waals surface area (Å²) in [6, 6.07) is 12.6. The van der Waals surface area contributed by atoms with E-state index in [-0.39, 0.29) is 17.7 Å². The molecule has 98 valence electrons. The van der Waals surface area contributed by atoms with Crippen LogP contribution in [0.25, 0.3) is 0 Å². The van der Waals surface area contributed by atoms with Gasteiger partial charge in [-0.15, -0.1) is 0 Å². The number of halogens is 1. The number of ether oxygens (including phenoxy) is 2. The summed E-state index contributed by atoms with van der Waals surface area (Å²) in [6.45, 7) is 2.41. The molecule has 0 saturated carbocycles. The predicted molar refractivity (Wildman–Crippen MR) is 71.2 cm³/mol. The van der Waals surface area contributed by atoms with Crippen molar-refractivity contribution in [3.63, 3.8) is 0 Å². The van der Waals surface area contributed by atoms with Crippen molar-refractivity contribution in [2.45, 2.75) is 19.4 Å². The summed E-state index contributed by atoms with van der Waals surface area (Å²) in [5.74, 6) is 0.847. The second kappa shape index (κ2) is 4.92. The summed E-state index contributed by atoms with van der Waals surface area (Å²) in [7, 11) is 0. The molecule has 0 N–H and O–H groups in total. The van der Waals surface area contributed by atoms with Crippen LogP contribution in [0.1, 0.15) is 11.1 Å². The quantitative estimate of drug-likeness (QED) is 0.838. The van der Waals surface area contributed by atoms with Gasteiger partial charge in [0.05, 0.1) is 0 Å². The van der Waals surface area contributed by atoms with E-state index >= 15 is 0 Å². The van der Waals surface area contributed by atoms with Crippen LogP contribution in [0.15, 0.2) is 42.5 Å². The van der Waals surface area contributed by atoms with Crippen molar-refractivity contribution in [1.82, 2.24) is 0 Å². The number of benzene rings is 2. The molecule has 0 amide bonds. The fraction of sp³-hybridized carbons (Fsp3) is 0.250. The summed E-state index contributed by atoms with van der Waals surface area (Å²) >= 11 is 0. The molecule has 2 nitrogen and oxygen atoms in total. The molecule has 3 heteroatoms. The van der Waals surface area contributed by atoms with Gasteiger partial charge in [0.1, 0.15) is 18.5 Å². The SMILES string of the molecule is Cc1ccc2c(c1)CC(COc1ccccc1F)O2. The fourth-order valence-electron chi connectivity index (χ4n) is 2.29. The zero-order chi connectivity index (χ0) is 13.2. The van der Waals surface area contributed by atoms with E-state index in [2.05, 4.69) is 13.0 Å². The van der Waals surface area contributed by atoms with Crippen molar-refractivity contribution >= 4 is 0 Å². The number of aryl methyl sites for hydroxylation is 1. The monoisotopic (exact) mass is 258 g/mol. The maximum atomic E-state index is 13.4. The molecule has 1 aliphatic rings. The Morgan fingerprint density at radius 3 is 2.95 bits per heavy atom. The van der Waals surface area contributed by atoms with Crippen LogP contribution in [0.3, 0.4) is 0 Å². The summed E-state index contributed by atoms with van der Waals surface area (Å²) in [4.78, 5) is 0. The highest BCUT2D eigenvalue weighted by molar-refractivity contribution is 5.40. The summed E-state index contributed by atoms with van der Waals surface area (Å²) in [5.41, 5.74) is 2.42. The van der Waals surface area contributed by atoms with Gasteiger partial charge in [0, 0.05) is 6.42 Å². The maximum absolute atomic E-state index is 13.4.